The van der Waals surface area contributed by atoms with Crippen LogP contribution in [0.25, 0.3) is 0 Å². The molecule has 7 heteroatoms. The van der Waals surface area contributed by atoms with E-state index in [2.05, 4.69) is 47.8 Å². The summed E-state index contributed by atoms with van der Waals surface area (Å²) >= 11 is 8.86. The van der Waals surface area contributed by atoms with Gasteiger partial charge in [-0.1, -0.05) is 6.92 Å². The van der Waals surface area contributed by atoms with Crippen LogP contribution in [0.5, 0.6) is 0 Å². The molecule has 1 aliphatic rings. The highest BCUT2D eigenvalue weighted by Gasteiger charge is 2.33. The lowest BCUT2D eigenvalue weighted by molar-refractivity contribution is -0.141. The molecule has 0 saturated heterocycles. The highest BCUT2D eigenvalue weighted by molar-refractivity contribution is 9.15. The van der Waals surface area contributed by atoms with Crippen molar-refractivity contribution in [3.63, 3.8) is 0 Å². The fourth-order valence-corrected chi connectivity index (χ4v) is 2.34. The molecule has 4 nitrogen and oxygen atoms in total. The topological polar surface area (TPSA) is 60.4 Å². The number of esters is 1. The fourth-order valence-electron chi connectivity index (χ4n) is 0.875. The van der Waals surface area contributed by atoms with Gasteiger partial charge in [0.2, 0.25) is 11.6 Å². The van der Waals surface area contributed by atoms with E-state index in [9.17, 15) is 14.4 Å². The third-order valence-electron chi connectivity index (χ3n) is 1.70. The Kier molecular flexibility index (Phi) is 4.63. The molecule has 0 aromatic heterocycles. The average molecular weight is 417 g/mol. The summed E-state index contributed by atoms with van der Waals surface area (Å²) in [5.41, 5.74) is 0. The van der Waals surface area contributed by atoms with Crippen LogP contribution in [0.15, 0.2) is 19.2 Å². The third kappa shape index (κ3) is 2.52. The number of hydrogen-bond acceptors (Lipinski definition) is 4. The molecular formula is C9H5Br3O4. The van der Waals surface area contributed by atoms with Gasteiger partial charge in [-0.3, -0.25) is 14.4 Å². The lowest BCUT2D eigenvalue weighted by atomic mass is 10.1. The van der Waals surface area contributed by atoms with Crippen molar-refractivity contribution in [2.24, 2.45) is 0 Å². The maximum absolute atomic E-state index is 11.7. The van der Waals surface area contributed by atoms with Gasteiger partial charge in [0.25, 0.3) is 0 Å². The Morgan fingerprint density at radius 1 is 1.06 bits per heavy atom. The molecule has 0 unspecified atom stereocenters. The van der Waals surface area contributed by atoms with Crippen LogP contribution < -0.4 is 0 Å². The van der Waals surface area contributed by atoms with Crippen molar-refractivity contribution in [1.82, 2.24) is 0 Å². The second kappa shape index (κ2) is 5.37. The molecule has 0 fully saturated rings. The van der Waals surface area contributed by atoms with E-state index in [-0.39, 0.29) is 25.6 Å². The predicted molar refractivity (Wildman–Crippen MR) is 67.2 cm³/mol. The summed E-state index contributed by atoms with van der Waals surface area (Å²) in [6.07, 6.45) is 0.119. The van der Waals surface area contributed by atoms with E-state index in [0.717, 1.165) is 0 Å². The average Bonchev–Trinajstić information content (AvgIpc) is 2.29. The summed E-state index contributed by atoms with van der Waals surface area (Å²) in [4.78, 5) is 34.4. The summed E-state index contributed by atoms with van der Waals surface area (Å²) in [7, 11) is 0. The molecule has 0 heterocycles. The Labute approximate surface area is 116 Å². The van der Waals surface area contributed by atoms with E-state index < -0.39 is 17.5 Å². The van der Waals surface area contributed by atoms with Crippen molar-refractivity contribution in [2.45, 2.75) is 13.3 Å². The Morgan fingerprint density at radius 3 is 2.06 bits per heavy atom. The Hall–Kier alpha value is -0.270. The molecule has 0 aromatic rings. The van der Waals surface area contributed by atoms with Gasteiger partial charge in [-0.2, -0.15) is 0 Å². The van der Waals surface area contributed by atoms with Gasteiger partial charge in [0, 0.05) is 6.42 Å². The van der Waals surface area contributed by atoms with E-state index in [1.807, 2.05) is 0 Å². The van der Waals surface area contributed by atoms with E-state index in [4.69, 9.17) is 4.74 Å². The highest BCUT2D eigenvalue weighted by atomic mass is 79.9. The molecule has 0 bridgehead atoms. The number of Topliss-reactive ketones (excluding diaryl/α,β-unsaturated/α-hetero) is 2. The molecule has 1 aliphatic carbocycles. The summed E-state index contributed by atoms with van der Waals surface area (Å²) in [5.74, 6) is -1.87. The molecule has 0 amide bonds. The van der Waals surface area contributed by atoms with Gasteiger partial charge in [0.1, 0.15) is 4.48 Å². The number of ketones is 2. The van der Waals surface area contributed by atoms with E-state index in [0.29, 0.717) is 0 Å². The van der Waals surface area contributed by atoms with Gasteiger partial charge in [0.05, 0.1) is 8.96 Å². The lowest BCUT2D eigenvalue weighted by Gasteiger charge is -2.14. The zero-order valence-electron chi connectivity index (χ0n) is 7.97. The molecule has 0 atom stereocenters. The number of allylic oxidation sites excluding steroid dienone is 3. The summed E-state index contributed by atoms with van der Waals surface area (Å²) < 4.78 is 4.87. The van der Waals surface area contributed by atoms with Crippen LogP contribution in [0.4, 0.5) is 0 Å². The molecule has 0 spiro atoms. The van der Waals surface area contributed by atoms with Crippen LogP contribution in [0, 0.1) is 0 Å². The molecule has 0 aliphatic heterocycles. The molecule has 0 aromatic carbocycles. The van der Waals surface area contributed by atoms with Crippen molar-refractivity contribution >= 4 is 65.3 Å². The number of carbonyl (C=O) groups is 3. The quantitative estimate of drug-likeness (QED) is 0.513. The zero-order chi connectivity index (χ0) is 12.5. The maximum atomic E-state index is 11.7. The second-order valence-electron chi connectivity index (χ2n) is 2.76. The Bertz CT molecular complexity index is 448. The molecule has 1 rings (SSSR count). The first kappa shape index (κ1) is 13.8. The Balaban J connectivity index is 3.14. The first-order chi connectivity index (χ1) is 7.40. The van der Waals surface area contributed by atoms with Crippen molar-refractivity contribution in [3.05, 3.63) is 19.2 Å². The normalized spacial score (nSPS) is 17.0. The van der Waals surface area contributed by atoms with Crippen molar-refractivity contribution in [2.75, 3.05) is 0 Å². The molecule has 0 radical (unpaired) electrons. The van der Waals surface area contributed by atoms with E-state index >= 15 is 0 Å². The number of halogens is 3. The minimum atomic E-state index is -0.577. The lowest BCUT2D eigenvalue weighted by Crippen LogP contribution is -2.21. The number of carbonyl (C=O) groups excluding carboxylic acids is 3. The van der Waals surface area contributed by atoms with E-state index in [1.54, 1.807) is 6.92 Å². The molecule has 0 saturated carbocycles. The highest BCUT2D eigenvalue weighted by Crippen LogP contribution is 2.34. The minimum absolute atomic E-state index is 0.0413. The Morgan fingerprint density at radius 2 is 1.56 bits per heavy atom. The third-order valence-corrected chi connectivity index (χ3v) is 4.47. The van der Waals surface area contributed by atoms with Gasteiger partial charge in [0.15, 0.2) is 5.76 Å². The second-order valence-corrected chi connectivity index (χ2v) is 5.14. The molecular weight excluding hydrogens is 412 g/mol. The fraction of sp³-hybridized carbons (Fsp3) is 0.222. The van der Waals surface area contributed by atoms with Gasteiger partial charge in [-0.25, -0.2) is 0 Å². The molecule has 0 N–H and O–H groups in total. The van der Waals surface area contributed by atoms with Crippen LogP contribution >= 0.6 is 47.8 Å². The number of rotatable bonds is 2. The van der Waals surface area contributed by atoms with Gasteiger partial charge >= 0.3 is 5.97 Å². The standard InChI is InChI=1S/C9H5Br3O4/c1-2-3(13)16-9-6(12)7(14)4(10)5(11)8(9)15/h2H2,1H3. The van der Waals surface area contributed by atoms with Crippen LogP contribution in [-0.2, 0) is 19.1 Å². The van der Waals surface area contributed by atoms with Gasteiger partial charge < -0.3 is 4.74 Å². The minimum Gasteiger partial charge on any atom is -0.421 e. The smallest absolute Gasteiger partial charge is 0.311 e. The number of hydrogen-bond donors (Lipinski definition) is 0. The monoisotopic (exact) mass is 414 g/mol. The SMILES string of the molecule is CCC(=O)OC1=C(Br)C(=O)C(Br)=C(Br)C1=O. The largest absolute Gasteiger partial charge is 0.421 e. The van der Waals surface area contributed by atoms with Gasteiger partial charge in [-0.15, -0.1) is 0 Å². The molecule has 16 heavy (non-hydrogen) atoms. The van der Waals surface area contributed by atoms with Crippen molar-refractivity contribution in [1.29, 1.82) is 0 Å². The summed E-state index contributed by atoms with van der Waals surface area (Å²) in [5, 5.41) is 0. The summed E-state index contributed by atoms with van der Waals surface area (Å²) in [6, 6.07) is 0. The first-order valence-electron chi connectivity index (χ1n) is 4.15. The maximum Gasteiger partial charge on any atom is 0.311 e. The predicted octanol–water partition coefficient (Wildman–Crippen LogP) is 2.70. The van der Waals surface area contributed by atoms with E-state index in [1.165, 1.54) is 0 Å². The van der Waals surface area contributed by atoms with Crippen LogP contribution in [0.3, 0.4) is 0 Å². The summed E-state index contributed by atoms with van der Waals surface area (Å²) in [6.45, 7) is 1.59. The number of ether oxygens (including phenoxy) is 1. The van der Waals surface area contributed by atoms with Crippen LogP contribution in [0.1, 0.15) is 13.3 Å². The van der Waals surface area contributed by atoms with Crippen molar-refractivity contribution in [3.8, 4) is 0 Å². The van der Waals surface area contributed by atoms with Crippen LogP contribution in [0.2, 0.25) is 0 Å². The van der Waals surface area contributed by atoms with Crippen molar-refractivity contribution < 1.29 is 19.1 Å². The molecule has 86 valence electrons. The first-order valence-corrected chi connectivity index (χ1v) is 6.53. The van der Waals surface area contributed by atoms with Crippen LogP contribution in [-0.4, -0.2) is 17.5 Å². The zero-order valence-corrected chi connectivity index (χ0v) is 12.7. The van der Waals surface area contributed by atoms with Gasteiger partial charge in [-0.05, 0) is 47.8 Å².